The Hall–Kier alpha value is -1.44. The Morgan fingerprint density at radius 3 is 2.75 bits per heavy atom. The van der Waals surface area contributed by atoms with Gasteiger partial charge in [0.15, 0.2) is 0 Å². The Labute approximate surface area is 96.9 Å². The predicted octanol–water partition coefficient (Wildman–Crippen LogP) is 3.32. The second-order valence-electron chi connectivity index (χ2n) is 4.09. The minimum Gasteiger partial charge on any atom is -0.498 e. The highest BCUT2D eigenvalue weighted by atomic mass is 16.5. The van der Waals surface area contributed by atoms with Gasteiger partial charge < -0.3 is 9.47 Å². The summed E-state index contributed by atoms with van der Waals surface area (Å²) < 4.78 is 10.7. The molecule has 16 heavy (non-hydrogen) atoms. The molecule has 2 rings (SSSR count). The van der Waals surface area contributed by atoms with Crippen LogP contribution in [-0.2, 0) is 11.2 Å². The Morgan fingerprint density at radius 2 is 2.12 bits per heavy atom. The van der Waals surface area contributed by atoms with Gasteiger partial charge in [0.25, 0.3) is 0 Å². The molecule has 0 fully saturated rings. The van der Waals surface area contributed by atoms with Crippen LogP contribution < -0.4 is 4.74 Å². The highest BCUT2D eigenvalue weighted by Crippen LogP contribution is 2.18. The summed E-state index contributed by atoms with van der Waals surface area (Å²) in [6.45, 7) is 0. The van der Waals surface area contributed by atoms with E-state index in [0.717, 1.165) is 31.4 Å². The van der Waals surface area contributed by atoms with Crippen LogP contribution in [0.3, 0.4) is 0 Å². The first kappa shape index (κ1) is 11.1. The molecule has 2 heteroatoms. The van der Waals surface area contributed by atoms with Crippen molar-refractivity contribution in [3.63, 3.8) is 0 Å². The molecule has 1 aliphatic rings. The molecule has 86 valence electrons. The average Bonchev–Trinajstić information content (AvgIpc) is 2.38. The zero-order valence-corrected chi connectivity index (χ0v) is 9.69. The lowest BCUT2D eigenvalue weighted by atomic mass is 10.0. The SMILES string of the molecule is COc1ccc(CCC2CCC=CO2)cc1. The Kier molecular flexibility index (Phi) is 3.86. The van der Waals surface area contributed by atoms with Crippen LogP contribution in [0.2, 0.25) is 0 Å². The molecule has 1 atom stereocenters. The van der Waals surface area contributed by atoms with Gasteiger partial charge in [-0.1, -0.05) is 12.1 Å². The molecule has 1 aromatic carbocycles. The summed E-state index contributed by atoms with van der Waals surface area (Å²) in [5.41, 5.74) is 1.35. The second-order valence-corrected chi connectivity index (χ2v) is 4.09. The largest absolute Gasteiger partial charge is 0.498 e. The van der Waals surface area contributed by atoms with E-state index in [1.807, 2.05) is 18.4 Å². The molecule has 0 amide bonds. The minimum atomic E-state index is 0.395. The smallest absolute Gasteiger partial charge is 0.118 e. The predicted molar refractivity (Wildman–Crippen MR) is 64.6 cm³/mol. The van der Waals surface area contributed by atoms with Gasteiger partial charge in [0.2, 0.25) is 0 Å². The van der Waals surface area contributed by atoms with Gasteiger partial charge in [-0.25, -0.2) is 0 Å². The number of hydrogen-bond donors (Lipinski definition) is 0. The van der Waals surface area contributed by atoms with E-state index in [1.54, 1.807) is 7.11 Å². The Bertz CT molecular complexity index is 340. The van der Waals surface area contributed by atoms with Crippen molar-refractivity contribution >= 4 is 0 Å². The van der Waals surface area contributed by atoms with Crippen molar-refractivity contribution in [1.29, 1.82) is 0 Å². The normalized spacial score (nSPS) is 19.2. The summed E-state index contributed by atoms with van der Waals surface area (Å²) in [5.74, 6) is 0.917. The lowest BCUT2D eigenvalue weighted by Crippen LogP contribution is -2.13. The van der Waals surface area contributed by atoms with Crippen molar-refractivity contribution in [3.05, 3.63) is 42.2 Å². The average molecular weight is 218 g/mol. The fraction of sp³-hybridized carbons (Fsp3) is 0.429. The van der Waals surface area contributed by atoms with E-state index in [1.165, 1.54) is 5.56 Å². The molecule has 1 aromatic rings. The van der Waals surface area contributed by atoms with E-state index < -0.39 is 0 Å². The third-order valence-corrected chi connectivity index (χ3v) is 2.94. The fourth-order valence-corrected chi connectivity index (χ4v) is 1.92. The summed E-state index contributed by atoms with van der Waals surface area (Å²) in [4.78, 5) is 0. The van der Waals surface area contributed by atoms with Gasteiger partial charge in [-0.15, -0.1) is 0 Å². The molecule has 0 radical (unpaired) electrons. The fourth-order valence-electron chi connectivity index (χ4n) is 1.92. The van der Waals surface area contributed by atoms with Crippen LogP contribution in [0.5, 0.6) is 5.75 Å². The lowest BCUT2D eigenvalue weighted by Gasteiger charge is -2.19. The molecule has 0 bridgehead atoms. The molecule has 0 aromatic heterocycles. The van der Waals surface area contributed by atoms with Crippen LogP contribution in [0.15, 0.2) is 36.6 Å². The number of allylic oxidation sites excluding steroid dienone is 1. The molecule has 0 spiro atoms. The van der Waals surface area contributed by atoms with E-state index >= 15 is 0 Å². The van der Waals surface area contributed by atoms with Crippen LogP contribution in [0.4, 0.5) is 0 Å². The molecule has 0 aliphatic carbocycles. The zero-order chi connectivity index (χ0) is 11.2. The molecule has 0 saturated heterocycles. The van der Waals surface area contributed by atoms with Gasteiger partial charge in [0, 0.05) is 0 Å². The van der Waals surface area contributed by atoms with Crippen LogP contribution in [0.25, 0.3) is 0 Å². The van der Waals surface area contributed by atoms with E-state index in [4.69, 9.17) is 9.47 Å². The molecule has 2 nitrogen and oxygen atoms in total. The van der Waals surface area contributed by atoms with E-state index in [0.29, 0.717) is 6.10 Å². The minimum absolute atomic E-state index is 0.395. The van der Waals surface area contributed by atoms with Crippen LogP contribution in [-0.4, -0.2) is 13.2 Å². The quantitative estimate of drug-likeness (QED) is 0.771. The van der Waals surface area contributed by atoms with Gasteiger partial charge in [0.05, 0.1) is 19.5 Å². The maximum Gasteiger partial charge on any atom is 0.118 e. The molecular weight excluding hydrogens is 200 g/mol. The molecule has 0 N–H and O–H groups in total. The number of benzene rings is 1. The van der Waals surface area contributed by atoms with Crippen LogP contribution in [0, 0.1) is 0 Å². The maximum absolute atomic E-state index is 5.54. The van der Waals surface area contributed by atoms with E-state index in [2.05, 4.69) is 18.2 Å². The highest BCUT2D eigenvalue weighted by Gasteiger charge is 2.10. The van der Waals surface area contributed by atoms with Gasteiger partial charge in [-0.05, 0) is 49.5 Å². The highest BCUT2D eigenvalue weighted by molar-refractivity contribution is 5.27. The van der Waals surface area contributed by atoms with Crippen LogP contribution in [0.1, 0.15) is 24.8 Å². The van der Waals surface area contributed by atoms with Gasteiger partial charge in [-0.2, -0.15) is 0 Å². The van der Waals surface area contributed by atoms with E-state index in [-0.39, 0.29) is 0 Å². The molecule has 1 unspecified atom stereocenters. The van der Waals surface area contributed by atoms with Crippen molar-refractivity contribution in [3.8, 4) is 5.75 Å². The topological polar surface area (TPSA) is 18.5 Å². The molecule has 0 saturated carbocycles. The zero-order valence-electron chi connectivity index (χ0n) is 9.69. The second kappa shape index (κ2) is 5.59. The third-order valence-electron chi connectivity index (χ3n) is 2.94. The van der Waals surface area contributed by atoms with Crippen molar-refractivity contribution in [2.75, 3.05) is 7.11 Å². The van der Waals surface area contributed by atoms with Crippen molar-refractivity contribution < 1.29 is 9.47 Å². The first-order valence-corrected chi connectivity index (χ1v) is 5.82. The summed E-state index contributed by atoms with van der Waals surface area (Å²) >= 11 is 0. The standard InChI is InChI=1S/C14H18O2/c1-15-13-8-5-12(6-9-13)7-10-14-4-2-3-11-16-14/h3,5-6,8-9,11,14H,2,4,7,10H2,1H3. The Morgan fingerprint density at radius 1 is 1.31 bits per heavy atom. The molecule has 1 aliphatic heterocycles. The van der Waals surface area contributed by atoms with Gasteiger partial charge in [0.1, 0.15) is 5.75 Å². The molecular formula is C14H18O2. The maximum atomic E-state index is 5.54. The molecule has 1 heterocycles. The summed E-state index contributed by atoms with van der Waals surface area (Å²) in [7, 11) is 1.69. The number of hydrogen-bond acceptors (Lipinski definition) is 2. The first-order chi connectivity index (χ1) is 7.88. The van der Waals surface area contributed by atoms with Crippen LogP contribution >= 0.6 is 0 Å². The number of rotatable bonds is 4. The van der Waals surface area contributed by atoms with Gasteiger partial charge >= 0.3 is 0 Å². The first-order valence-electron chi connectivity index (χ1n) is 5.82. The summed E-state index contributed by atoms with van der Waals surface area (Å²) in [5, 5.41) is 0. The number of methoxy groups -OCH3 is 1. The number of aryl methyl sites for hydroxylation is 1. The summed E-state index contributed by atoms with van der Waals surface area (Å²) in [6.07, 6.45) is 8.78. The van der Waals surface area contributed by atoms with Crippen molar-refractivity contribution in [2.24, 2.45) is 0 Å². The number of ether oxygens (including phenoxy) is 2. The third kappa shape index (κ3) is 3.02. The lowest BCUT2D eigenvalue weighted by molar-refractivity contribution is 0.116. The monoisotopic (exact) mass is 218 g/mol. The summed E-state index contributed by atoms with van der Waals surface area (Å²) in [6, 6.07) is 8.27. The van der Waals surface area contributed by atoms with Gasteiger partial charge in [-0.3, -0.25) is 0 Å². The van der Waals surface area contributed by atoms with Crippen molar-refractivity contribution in [1.82, 2.24) is 0 Å². The Balaban J connectivity index is 1.82. The van der Waals surface area contributed by atoms with Crippen molar-refractivity contribution in [2.45, 2.75) is 31.8 Å². The van der Waals surface area contributed by atoms with E-state index in [9.17, 15) is 0 Å².